The van der Waals surface area contributed by atoms with Crippen LogP contribution in [-0.2, 0) is 11.3 Å². The molecule has 1 aliphatic heterocycles. The first-order valence-electron chi connectivity index (χ1n) is 8.73. The monoisotopic (exact) mass is 371 g/mol. The molecule has 2 aromatic carbocycles. The zero-order valence-corrected chi connectivity index (χ0v) is 15.3. The normalized spacial score (nSPS) is 16.3. The summed E-state index contributed by atoms with van der Waals surface area (Å²) in [7, 11) is 1.58. The first kappa shape index (κ1) is 18.7. The van der Waals surface area contributed by atoms with Crippen LogP contribution in [-0.4, -0.2) is 31.6 Å². The molecular weight excluding hydrogens is 349 g/mol. The molecule has 0 saturated carbocycles. The quantitative estimate of drug-likeness (QED) is 0.849. The fourth-order valence-corrected chi connectivity index (χ4v) is 3.04. The van der Waals surface area contributed by atoms with Gasteiger partial charge in [0.05, 0.1) is 7.11 Å². The predicted octanol–water partition coefficient (Wildman–Crippen LogP) is 2.75. The van der Waals surface area contributed by atoms with Crippen LogP contribution in [0.3, 0.4) is 0 Å². The minimum Gasteiger partial charge on any atom is -0.497 e. The van der Waals surface area contributed by atoms with Crippen LogP contribution in [0.4, 0.5) is 14.9 Å². The summed E-state index contributed by atoms with van der Waals surface area (Å²) in [5.74, 6) is 0.209. The van der Waals surface area contributed by atoms with E-state index in [-0.39, 0.29) is 11.7 Å². The number of ether oxygens (including phenoxy) is 1. The zero-order chi connectivity index (χ0) is 19.4. The second kappa shape index (κ2) is 8.07. The molecule has 142 valence electrons. The molecule has 1 unspecified atom stereocenters. The Morgan fingerprint density at radius 1 is 1.30 bits per heavy atom. The predicted molar refractivity (Wildman–Crippen MR) is 100 cm³/mol. The van der Waals surface area contributed by atoms with Crippen LogP contribution in [0.2, 0.25) is 0 Å². The van der Waals surface area contributed by atoms with E-state index < -0.39 is 12.1 Å². The molecule has 6 nitrogen and oxygen atoms in total. The van der Waals surface area contributed by atoms with Gasteiger partial charge in [-0.3, -0.25) is 4.79 Å². The van der Waals surface area contributed by atoms with Gasteiger partial charge in [-0.2, -0.15) is 0 Å². The van der Waals surface area contributed by atoms with Crippen molar-refractivity contribution in [2.75, 3.05) is 18.6 Å². The zero-order valence-electron chi connectivity index (χ0n) is 15.3. The largest absolute Gasteiger partial charge is 0.497 e. The lowest BCUT2D eigenvalue weighted by Crippen LogP contribution is -2.45. The summed E-state index contributed by atoms with van der Waals surface area (Å²) in [5, 5.41) is 5.45. The summed E-state index contributed by atoms with van der Waals surface area (Å²) in [6.07, 6.45) is 0.502. The fraction of sp³-hybridized carbons (Fsp3) is 0.300. The second-order valence-corrected chi connectivity index (χ2v) is 6.44. The summed E-state index contributed by atoms with van der Waals surface area (Å²) < 4.78 is 18.6. The maximum atomic E-state index is 13.4. The number of nitrogens with one attached hydrogen (secondary N) is 2. The number of rotatable bonds is 5. The van der Waals surface area contributed by atoms with Crippen LogP contribution < -0.4 is 20.3 Å². The van der Waals surface area contributed by atoms with Crippen molar-refractivity contribution in [2.45, 2.75) is 25.9 Å². The van der Waals surface area contributed by atoms with Gasteiger partial charge in [-0.1, -0.05) is 12.1 Å². The van der Waals surface area contributed by atoms with E-state index in [4.69, 9.17) is 4.74 Å². The van der Waals surface area contributed by atoms with Crippen molar-refractivity contribution in [3.8, 4) is 5.75 Å². The van der Waals surface area contributed by atoms with Crippen molar-refractivity contribution >= 4 is 17.6 Å². The molecule has 0 bridgehead atoms. The fourth-order valence-electron chi connectivity index (χ4n) is 3.04. The molecule has 1 atom stereocenters. The van der Waals surface area contributed by atoms with Gasteiger partial charge in [-0.15, -0.1) is 0 Å². The van der Waals surface area contributed by atoms with Crippen LogP contribution in [0.5, 0.6) is 5.75 Å². The molecule has 3 rings (SSSR count). The van der Waals surface area contributed by atoms with E-state index in [1.807, 2.05) is 24.3 Å². The van der Waals surface area contributed by atoms with Crippen molar-refractivity contribution < 1.29 is 18.7 Å². The second-order valence-electron chi connectivity index (χ2n) is 6.44. The summed E-state index contributed by atoms with van der Waals surface area (Å²) in [6.45, 7) is 2.46. The number of carbonyl (C=O) groups excluding carboxylic acids is 2. The van der Waals surface area contributed by atoms with E-state index in [1.54, 1.807) is 31.1 Å². The highest BCUT2D eigenvalue weighted by Gasteiger charge is 2.33. The molecule has 1 fully saturated rings. The Kier molecular flexibility index (Phi) is 5.59. The molecule has 1 saturated heterocycles. The number of hydrogen-bond acceptors (Lipinski definition) is 3. The van der Waals surface area contributed by atoms with Gasteiger partial charge in [0.1, 0.15) is 17.6 Å². The molecule has 7 heteroatoms. The van der Waals surface area contributed by atoms with E-state index in [1.165, 1.54) is 6.07 Å². The number of urea groups is 1. The first-order chi connectivity index (χ1) is 13.0. The van der Waals surface area contributed by atoms with E-state index in [2.05, 4.69) is 10.6 Å². The van der Waals surface area contributed by atoms with Gasteiger partial charge in [0.2, 0.25) is 5.91 Å². The molecule has 0 radical (unpaired) electrons. The number of methoxy groups -OCH3 is 1. The maximum absolute atomic E-state index is 13.4. The van der Waals surface area contributed by atoms with E-state index in [9.17, 15) is 14.0 Å². The van der Waals surface area contributed by atoms with Crippen molar-refractivity contribution in [1.82, 2.24) is 10.6 Å². The van der Waals surface area contributed by atoms with Crippen LogP contribution in [0.15, 0.2) is 42.5 Å². The Hall–Kier alpha value is -3.09. The Labute approximate surface area is 157 Å². The average molecular weight is 371 g/mol. The van der Waals surface area contributed by atoms with Gasteiger partial charge in [0, 0.05) is 18.8 Å². The molecule has 1 aliphatic rings. The molecule has 27 heavy (non-hydrogen) atoms. The summed E-state index contributed by atoms with van der Waals surface area (Å²) in [5.41, 5.74) is 2.01. The molecular formula is C20H22FN3O3. The minimum absolute atomic E-state index is 0.197. The minimum atomic E-state index is -0.597. The van der Waals surface area contributed by atoms with Crippen molar-refractivity contribution in [3.05, 3.63) is 59.4 Å². The Balaban J connectivity index is 1.55. The van der Waals surface area contributed by atoms with E-state index in [0.717, 1.165) is 5.56 Å². The molecule has 2 aromatic rings. The van der Waals surface area contributed by atoms with E-state index in [0.29, 0.717) is 36.5 Å². The number of anilines is 1. The summed E-state index contributed by atoms with van der Waals surface area (Å²) in [6, 6.07) is 10.9. The first-order valence-corrected chi connectivity index (χ1v) is 8.73. The number of amides is 3. The lowest BCUT2D eigenvalue weighted by molar-refractivity contribution is -0.118. The lowest BCUT2D eigenvalue weighted by Gasteiger charge is -2.18. The van der Waals surface area contributed by atoms with Crippen molar-refractivity contribution in [1.29, 1.82) is 0 Å². The topological polar surface area (TPSA) is 70.7 Å². The third-order valence-corrected chi connectivity index (χ3v) is 4.55. The van der Waals surface area contributed by atoms with Crippen molar-refractivity contribution in [3.63, 3.8) is 0 Å². The maximum Gasteiger partial charge on any atom is 0.315 e. The number of aryl methyl sites for hydroxylation is 1. The smallest absolute Gasteiger partial charge is 0.315 e. The lowest BCUT2D eigenvalue weighted by atomic mass is 10.2. The summed E-state index contributed by atoms with van der Waals surface area (Å²) >= 11 is 0. The van der Waals surface area contributed by atoms with Gasteiger partial charge in [0.15, 0.2) is 0 Å². The molecule has 0 aromatic heterocycles. The average Bonchev–Trinajstić information content (AvgIpc) is 3.03. The SMILES string of the molecule is COc1cccc(CNC(=O)NC2CCN(c3ccc(F)c(C)c3)C2=O)c1. The number of carbonyl (C=O) groups is 2. The Morgan fingerprint density at radius 2 is 2.11 bits per heavy atom. The van der Waals surface area contributed by atoms with Crippen LogP contribution in [0.1, 0.15) is 17.5 Å². The van der Waals surface area contributed by atoms with Gasteiger partial charge in [0.25, 0.3) is 0 Å². The highest BCUT2D eigenvalue weighted by atomic mass is 19.1. The van der Waals surface area contributed by atoms with Crippen LogP contribution in [0, 0.1) is 12.7 Å². The van der Waals surface area contributed by atoms with Crippen LogP contribution in [0.25, 0.3) is 0 Å². The molecule has 2 N–H and O–H groups in total. The third kappa shape index (κ3) is 4.36. The molecule has 0 spiro atoms. The van der Waals surface area contributed by atoms with Gasteiger partial charge in [-0.25, -0.2) is 9.18 Å². The van der Waals surface area contributed by atoms with Gasteiger partial charge in [-0.05, 0) is 54.8 Å². The summed E-state index contributed by atoms with van der Waals surface area (Å²) in [4.78, 5) is 26.3. The highest BCUT2D eigenvalue weighted by Crippen LogP contribution is 2.23. The standard InChI is InChI=1S/C20H22FN3O3/c1-13-10-15(6-7-17(13)21)24-9-8-18(19(24)25)23-20(26)22-12-14-4-3-5-16(11-14)27-2/h3-7,10-11,18H,8-9,12H2,1-2H3,(H2,22,23,26). The molecule has 3 amide bonds. The van der Waals surface area contributed by atoms with E-state index >= 15 is 0 Å². The van der Waals surface area contributed by atoms with Gasteiger partial charge >= 0.3 is 6.03 Å². The van der Waals surface area contributed by atoms with Crippen LogP contribution >= 0.6 is 0 Å². The Bertz CT molecular complexity index is 856. The van der Waals surface area contributed by atoms with Gasteiger partial charge < -0.3 is 20.3 Å². The molecule has 0 aliphatic carbocycles. The van der Waals surface area contributed by atoms with Crippen molar-refractivity contribution in [2.24, 2.45) is 0 Å². The third-order valence-electron chi connectivity index (χ3n) is 4.55. The number of halogens is 1. The number of nitrogens with zero attached hydrogens (tertiary/aromatic N) is 1. The number of benzene rings is 2. The Morgan fingerprint density at radius 3 is 2.85 bits per heavy atom. The number of hydrogen-bond donors (Lipinski definition) is 2. The highest BCUT2D eigenvalue weighted by molar-refractivity contribution is 6.01. The molecule has 1 heterocycles.